The number of nitrogens with two attached hydrogens (primary N) is 3. The summed E-state index contributed by atoms with van der Waals surface area (Å²) in [7, 11) is -3.90. The van der Waals surface area contributed by atoms with E-state index in [1.54, 1.807) is 66.4 Å². The third-order valence-electron chi connectivity index (χ3n) is 5.71. The highest BCUT2D eigenvalue weighted by molar-refractivity contribution is 7.89. The van der Waals surface area contributed by atoms with E-state index in [4.69, 9.17) is 22.0 Å². The number of hydrogen-bond donors (Lipinski definition) is 4. The first kappa shape index (κ1) is 24.8. The SMILES string of the molecule is CC(N)=CC(=Nc1cccc(C(=N)N)c1)C(=O)N1CCc2cc(-c3ccccc3S(N)(=O)=O)ccc21. The van der Waals surface area contributed by atoms with Gasteiger partial charge in [-0.15, -0.1) is 0 Å². The molecule has 0 fully saturated rings. The highest BCUT2D eigenvalue weighted by Crippen LogP contribution is 2.35. The van der Waals surface area contributed by atoms with Crippen LogP contribution >= 0.6 is 0 Å². The Morgan fingerprint density at radius 2 is 1.81 bits per heavy atom. The molecule has 1 heterocycles. The molecule has 0 aliphatic carbocycles. The van der Waals surface area contributed by atoms with Crippen LogP contribution in [0.3, 0.4) is 0 Å². The summed E-state index contributed by atoms with van der Waals surface area (Å²) in [6.45, 7) is 2.10. The highest BCUT2D eigenvalue weighted by atomic mass is 32.2. The maximum Gasteiger partial charge on any atom is 0.276 e. The van der Waals surface area contributed by atoms with Crippen LogP contribution in [0, 0.1) is 5.41 Å². The van der Waals surface area contributed by atoms with Crippen molar-refractivity contribution in [3.63, 3.8) is 0 Å². The molecule has 9 nitrogen and oxygen atoms in total. The Hall–Kier alpha value is -4.28. The van der Waals surface area contributed by atoms with Gasteiger partial charge in [0.25, 0.3) is 5.91 Å². The van der Waals surface area contributed by atoms with Crippen LogP contribution in [0.15, 0.2) is 88.4 Å². The molecule has 1 aliphatic rings. The normalized spacial score (nSPS) is 14.0. The number of allylic oxidation sites excluding steroid dienone is 1. The first-order valence-corrected chi connectivity index (χ1v) is 12.6. The van der Waals surface area contributed by atoms with Gasteiger partial charge in [0.2, 0.25) is 10.0 Å². The second-order valence-corrected chi connectivity index (χ2v) is 9.97. The lowest BCUT2D eigenvalue weighted by Crippen LogP contribution is -2.34. The number of carbonyl (C=O) groups is 1. The van der Waals surface area contributed by atoms with Crippen LogP contribution in [0.1, 0.15) is 18.1 Å². The molecule has 0 bridgehead atoms. The molecule has 0 radical (unpaired) electrons. The van der Waals surface area contributed by atoms with Crippen molar-refractivity contribution in [2.75, 3.05) is 11.4 Å². The first-order valence-electron chi connectivity index (χ1n) is 11.1. The zero-order valence-electron chi connectivity index (χ0n) is 19.6. The Bertz CT molecular complexity index is 1540. The maximum absolute atomic E-state index is 13.5. The summed E-state index contributed by atoms with van der Waals surface area (Å²) >= 11 is 0. The summed E-state index contributed by atoms with van der Waals surface area (Å²) in [5.41, 5.74) is 15.8. The number of amides is 1. The number of nitrogens with zero attached hydrogens (tertiary/aromatic N) is 2. The second kappa shape index (κ2) is 9.76. The molecule has 1 aliphatic heterocycles. The number of rotatable bonds is 6. The third kappa shape index (κ3) is 5.19. The van der Waals surface area contributed by atoms with Gasteiger partial charge in [-0.3, -0.25) is 10.2 Å². The molecule has 36 heavy (non-hydrogen) atoms. The van der Waals surface area contributed by atoms with Crippen LogP contribution in [0.4, 0.5) is 11.4 Å². The van der Waals surface area contributed by atoms with E-state index in [1.807, 2.05) is 6.07 Å². The van der Waals surface area contributed by atoms with Gasteiger partial charge in [0.15, 0.2) is 0 Å². The van der Waals surface area contributed by atoms with Gasteiger partial charge in [0.1, 0.15) is 11.5 Å². The van der Waals surface area contributed by atoms with Crippen molar-refractivity contribution in [1.29, 1.82) is 5.41 Å². The molecule has 10 heteroatoms. The summed E-state index contributed by atoms with van der Waals surface area (Å²) in [5, 5.41) is 13.0. The lowest BCUT2D eigenvalue weighted by Gasteiger charge is -2.18. The summed E-state index contributed by atoms with van der Waals surface area (Å²) < 4.78 is 24.1. The monoisotopic (exact) mass is 502 g/mol. The molecule has 7 N–H and O–H groups in total. The summed E-state index contributed by atoms with van der Waals surface area (Å²) in [5.74, 6) is -0.428. The molecule has 184 valence electrons. The molecule has 0 spiro atoms. The summed E-state index contributed by atoms with van der Waals surface area (Å²) in [6, 6.07) is 18.7. The number of carbonyl (C=O) groups excluding carboxylic acids is 1. The van der Waals surface area contributed by atoms with Crippen LogP contribution in [-0.2, 0) is 21.2 Å². The number of nitrogen functional groups attached to an aromatic ring is 1. The molecular weight excluding hydrogens is 476 g/mol. The number of sulfonamides is 1. The molecule has 4 rings (SSSR count). The van der Waals surface area contributed by atoms with E-state index in [0.29, 0.717) is 46.7 Å². The number of aliphatic imine (C=N–C) groups is 1. The molecule has 0 aromatic heterocycles. The molecule has 3 aromatic rings. The van der Waals surface area contributed by atoms with Crippen LogP contribution < -0.4 is 21.5 Å². The lowest BCUT2D eigenvalue weighted by molar-refractivity contribution is -0.112. The third-order valence-corrected chi connectivity index (χ3v) is 6.68. The molecule has 1 amide bonds. The second-order valence-electron chi connectivity index (χ2n) is 8.44. The maximum atomic E-state index is 13.5. The first-order chi connectivity index (χ1) is 17.0. The minimum Gasteiger partial charge on any atom is -0.402 e. The lowest BCUT2D eigenvalue weighted by atomic mass is 10.0. The van der Waals surface area contributed by atoms with Gasteiger partial charge >= 0.3 is 0 Å². The number of benzene rings is 3. The van der Waals surface area contributed by atoms with Crippen LogP contribution in [0.5, 0.6) is 0 Å². The highest BCUT2D eigenvalue weighted by Gasteiger charge is 2.28. The van der Waals surface area contributed by atoms with Gasteiger partial charge in [0.05, 0.1) is 10.6 Å². The van der Waals surface area contributed by atoms with E-state index in [0.717, 1.165) is 5.56 Å². The quantitative estimate of drug-likeness (QED) is 0.300. The van der Waals surface area contributed by atoms with Crippen LogP contribution in [0.25, 0.3) is 11.1 Å². The number of primary sulfonamides is 1. The van der Waals surface area contributed by atoms with Crippen molar-refractivity contribution in [3.8, 4) is 11.1 Å². The predicted octanol–water partition coefficient (Wildman–Crippen LogP) is 2.81. The Labute approximate surface area is 209 Å². The standard InChI is InChI=1S/C26H26N6O3S/c1-16(27)13-22(31-20-6-4-5-19(15-20)25(28)29)26(33)32-12-11-18-14-17(9-10-23(18)32)21-7-2-3-8-24(21)36(30,34)35/h2-10,13-15H,11-12,27H2,1H3,(H3,28,29)(H2,30,34,35). The van der Waals surface area contributed by atoms with Gasteiger partial charge in [-0.25, -0.2) is 18.5 Å². The predicted molar refractivity (Wildman–Crippen MR) is 142 cm³/mol. The van der Waals surface area contributed by atoms with Crippen molar-refractivity contribution in [2.45, 2.75) is 18.2 Å². The van der Waals surface area contributed by atoms with E-state index >= 15 is 0 Å². The minimum absolute atomic E-state index is 0.0432. The fourth-order valence-electron chi connectivity index (χ4n) is 4.11. The molecule has 0 atom stereocenters. The van der Waals surface area contributed by atoms with E-state index in [9.17, 15) is 13.2 Å². The topological polar surface area (TPSA) is 169 Å². The molecule has 0 saturated carbocycles. The van der Waals surface area contributed by atoms with Gasteiger partial charge in [-0.05, 0) is 60.9 Å². The van der Waals surface area contributed by atoms with Gasteiger partial charge in [0, 0.05) is 29.1 Å². The van der Waals surface area contributed by atoms with Gasteiger partial charge < -0.3 is 16.4 Å². The van der Waals surface area contributed by atoms with Crippen LogP contribution in [-0.4, -0.2) is 32.4 Å². The average molecular weight is 503 g/mol. The zero-order chi connectivity index (χ0) is 26.0. The van der Waals surface area contributed by atoms with Crippen LogP contribution in [0.2, 0.25) is 0 Å². The van der Waals surface area contributed by atoms with Gasteiger partial charge in [-0.1, -0.05) is 36.4 Å². The number of hydrogen-bond acceptors (Lipinski definition) is 6. The average Bonchev–Trinajstić information content (AvgIpc) is 3.26. The Morgan fingerprint density at radius 3 is 2.50 bits per heavy atom. The minimum atomic E-state index is -3.90. The Kier molecular flexibility index (Phi) is 6.73. The number of anilines is 1. The smallest absolute Gasteiger partial charge is 0.276 e. The van der Waals surface area contributed by atoms with E-state index < -0.39 is 10.0 Å². The molecule has 0 unspecified atom stereocenters. The van der Waals surface area contributed by atoms with Crippen molar-refractivity contribution < 1.29 is 13.2 Å². The van der Waals surface area contributed by atoms with Crippen molar-refractivity contribution in [2.24, 2.45) is 21.6 Å². The Morgan fingerprint density at radius 1 is 1.06 bits per heavy atom. The fraction of sp³-hybridized carbons (Fsp3) is 0.115. The van der Waals surface area contributed by atoms with Gasteiger partial charge in [-0.2, -0.15) is 0 Å². The number of fused-ring (bicyclic) bond motifs is 1. The Balaban J connectivity index is 1.71. The van der Waals surface area contributed by atoms with Crippen molar-refractivity contribution in [3.05, 3.63) is 89.6 Å². The zero-order valence-corrected chi connectivity index (χ0v) is 20.4. The molecular formula is C26H26N6O3S. The summed E-state index contributed by atoms with van der Waals surface area (Å²) in [4.78, 5) is 19.7. The number of nitrogens with one attached hydrogen (secondary N) is 1. The van der Waals surface area contributed by atoms with E-state index in [1.165, 1.54) is 12.1 Å². The van der Waals surface area contributed by atoms with Crippen molar-refractivity contribution >= 4 is 38.9 Å². The summed E-state index contributed by atoms with van der Waals surface area (Å²) in [6.07, 6.45) is 2.10. The molecule has 0 saturated heterocycles. The van der Waals surface area contributed by atoms with E-state index in [2.05, 4.69) is 4.99 Å². The number of amidine groups is 1. The largest absolute Gasteiger partial charge is 0.402 e. The van der Waals surface area contributed by atoms with Crippen molar-refractivity contribution in [1.82, 2.24) is 0 Å². The molecule has 3 aromatic carbocycles. The fourth-order valence-corrected chi connectivity index (χ4v) is 4.87. The van der Waals surface area contributed by atoms with E-state index in [-0.39, 0.29) is 22.3 Å².